The summed E-state index contributed by atoms with van der Waals surface area (Å²) in [7, 11) is -3.55. The van der Waals surface area contributed by atoms with Gasteiger partial charge in [0.1, 0.15) is 34.0 Å². The lowest BCUT2D eigenvalue weighted by Crippen LogP contribution is -2.46. The zero-order valence-corrected chi connectivity index (χ0v) is 23.0. The zero-order chi connectivity index (χ0) is 29.2. The number of sulfone groups is 1. The van der Waals surface area contributed by atoms with E-state index in [0.29, 0.717) is 22.0 Å². The molecule has 208 valence electrons. The third kappa shape index (κ3) is 6.58. The number of ether oxygens (including phenoxy) is 2. The molecule has 3 aromatic carbocycles. The highest BCUT2D eigenvalue weighted by Gasteiger charge is 2.44. The largest absolute Gasteiger partial charge is 0.459 e. The van der Waals surface area contributed by atoms with Gasteiger partial charge in [0.25, 0.3) is 17.5 Å². The summed E-state index contributed by atoms with van der Waals surface area (Å²) in [6.45, 7) is -0.243. The minimum atomic E-state index is -3.55. The molecular formula is C26H20Cl2N2O9S. The minimum absolute atomic E-state index is 0.0414. The second kappa shape index (κ2) is 11.6. The van der Waals surface area contributed by atoms with Crippen molar-refractivity contribution >= 4 is 56.5 Å². The second-order valence-electron chi connectivity index (χ2n) is 8.83. The number of carbonyl (C=O) groups excluding carboxylic acids is 3. The number of imide groups is 1. The van der Waals surface area contributed by atoms with Crippen molar-refractivity contribution in [3.05, 3.63) is 97.5 Å². The number of amides is 2. The van der Waals surface area contributed by atoms with E-state index in [1.165, 1.54) is 36.4 Å². The average molecular weight is 607 g/mol. The van der Waals surface area contributed by atoms with Crippen molar-refractivity contribution in [3.63, 3.8) is 0 Å². The van der Waals surface area contributed by atoms with Gasteiger partial charge in [0.05, 0.1) is 31.8 Å². The Morgan fingerprint density at radius 1 is 0.950 bits per heavy atom. The number of hydrogen-bond acceptors (Lipinski definition) is 9. The summed E-state index contributed by atoms with van der Waals surface area (Å²) in [5.74, 6) is -2.29. The van der Waals surface area contributed by atoms with Crippen LogP contribution in [0.5, 0.6) is 11.5 Å². The zero-order valence-electron chi connectivity index (χ0n) is 20.7. The van der Waals surface area contributed by atoms with Gasteiger partial charge in [-0.25, -0.2) is 13.2 Å². The molecule has 0 aromatic heterocycles. The Labute approximate surface area is 238 Å². The van der Waals surface area contributed by atoms with Crippen molar-refractivity contribution in [2.45, 2.75) is 19.1 Å². The Hall–Kier alpha value is -4.00. The van der Waals surface area contributed by atoms with Crippen LogP contribution in [-0.2, 0) is 26.0 Å². The lowest BCUT2D eigenvalue weighted by molar-refractivity contribution is -0.384. The molecule has 1 atom stereocenters. The first-order chi connectivity index (χ1) is 18.8. The molecule has 0 saturated carbocycles. The normalized spacial score (nSPS) is 13.6. The van der Waals surface area contributed by atoms with Crippen LogP contribution in [0.25, 0.3) is 0 Å². The quantitative estimate of drug-likeness (QED) is 0.137. The van der Waals surface area contributed by atoms with E-state index in [2.05, 4.69) is 0 Å². The van der Waals surface area contributed by atoms with Crippen LogP contribution in [0.15, 0.2) is 60.7 Å². The van der Waals surface area contributed by atoms with Crippen LogP contribution >= 0.6 is 23.2 Å². The molecule has 0 fully saturated rings. The predicted molar refractivity (Wildman–Crippen MR) is 144 cm³/mol. The van der Waals surface area contributed by atoms with E-state index < -0.39 is 44.3 Å². The highest BCUT2D eigenvalue weighted by Crippen LogP contribution is 2.33. The van der Waals surface area contributed by atoms with Crippen LogP contribution in [-0.4, -0.2) is 54.1 Å². The van der Waals surface area contributed by atoms with Gasteiger partial charge < -0.3 is 9.47 Å². The summed E-state index contributed by atoms with van der Waals surface area (Å²) in [6, 6.07) is 12.8. The standard InChI is InChI=1S/C26H20Cl2N2O9S/c1-40(36,37)11-10-23(29-24(31)19-12-21(27)22(28)13-20(19)25(29)32)26(33)38-14-15-2-6-17(7-3-15)39-18-8-4-16(5-9-18)30(34)35/h2-9,12-13,23H,10-11,14H2,1H3/t23-/m1/s1. The first-order valence-corrected chi connectivity index (χ1v) is 14.4. The number of halogens is 2. The first-order valence-electron chi connectivity index (χ1n) is 11.6. The second-order valence-corrected chi connectivity index (χ2v) is 11.9. The molecule has 0 unspecified atom stereocenters. The van der Waals surface area contributed by atoms with Gasteiger partial charge in [0.15, 0.2) is 0 Å². The monoisotopic (exact) mass is 606 g/mol. The van der Waals surface area contributed by atoms with Gasteiger partial charge in [0, 0.05) is 18.4 Å². The summed E-state index contributed by atoms with van der Waals surface area (Å²) in [6.07, 6.45) is 0.601. The average Bonchev–Trinajstić information content (AvgIpc) is 3.12. The third-order valence-corrected chi connectivity index (χ3v) is 7.59. The number of non-ortho nitro benzene ring substituents is 1. The smallest absolute Gasteiger partial charge is 0.329 e. The molecule has 1 heterocycles. The number of benzene rings is 3. The molecule has 40 heavy (non-hydrogen) atoms. The SMILES string of the molecule is CS(=O)(=O)CC[C@H](C(=O)OCc1ccc(Oc2ccc([N+](=O)[O-])cc2)cc1)N1C(=O)c2cc(Cl)c(Cl)cc2C1=O. The van der Waals surface area contributed by atoms with Gasteiger partial charge >= 0.3 is 5.97 Å². The highest BCUT2D eigenvalue weighted by atomic mass is 35.5. The fraction of sp³-hybridized carbons (Fsp3) is 0.192. The van der Waals surface area contributed by atoms with E-state index in [1.807, 2.05) is 0 Å². The fourth-order valence-corrected chi connectivity index (χ4v) is 4.87. The molecule has 0 N–H and O–H groups in total. The molecule has 4 rings (SSSR count). The van der Waals surface area contributed by atoms with E-state index >= 15 is 0 Å². The van der Waals surface area contributed by atoms with Crippen LogP contribution in [0.2, 0.25) is 10.0 Å². The van der Waals surface area contributed by atoms with Crippen LogP contribution < -0.4 is 4.74 Å². The molecule has 0 aliphatic carbocycles. The number of nitrogens with zero attached hydrogens (tertiary/aromatic N) is 2. The maximum Gasteiger partial charge on any atom is 0.329 e. The molecule has 3 aromatic rings. The number of nitro groups is 1. The summed E-state index contributed by atoms with van der Waals surface area (Å²) in [5, 5.41) is 10.9. The van der Waals surface area contributed by atoms with Crippen LogP contribution in [0, 0.1) is 10.1 Å². The number of nitro benzene ring substituents is 1. The highest BCUT2D eigenvalue weighted by molar-refractivity contribution is 7.90. The molecule has 11 nitrogen and oxygen atoms in total. The Balaban J connectivity index is 1.46. The summed E-state index contributed by atoms with van der Waals surface area (Å²) >= 11 is 12.0. The van der Waals surface area contributed by atoms with Gasteiger partial charge in [-0.15, -0.1) is 0 Å². The van der Waals surface area contributed by atoms with Crippen LogP contribution in [0.1, 0.15) is 32.7 Å². The fourth-order valence-electron chi connectivity index (χ4n) is 3.89. The molecule has 1 aliphatic rings. The van der Waals surface area contributed by atoms with Crippen LogP contribution in [0.4, 0.5) is 5.69 Å². The lowest BCUT2D eigenvalue weighted by atomic mass is 10.1. The maximum atomic E-state index is 13.1. The summed E-state index contributed by atoms with van der Waals surface area (Å²) in [5.41, 5.74) is 0.348. The molecule has 0 bridgehead atoms. The van der Waals surface area contributed by atoms with Crippen molar-refractivity contribution in [2.24, 2.45) is 0 Å². The van der Waals surface area contributed by atoms with Crippen molar-refractivity contribution in [2.75, 3.05) is 12.0 Å². The van der Waals surface area contributed by atoms with E-state index in [9.17, 15) is 32.9 Å². The Kier molecular flexibility index (Phi) is 8.43. The minimum Gasteiger partial charge on any atom is -0.459 e. The van der Waals surface area contributed by atoms with Gasteiger partial charge in [-0.1, -0.05) is 35.3 Å². The van der Waals surface area contributed by atoms with E-state index in [0.717, 1.165) is 6.26 Å². The molecule has 0 spiro atoms. The molecule has 0 radical (unpaired) electrons. The van der Waals surface area contributed by atoms with E-state index in [4.69, 9.17) is 32.7 Å². The van der Waals surface area contributed by atoms with Gasteiger partial charge in [0.2, 0.25) is 0 Å². The third-order valence-electron chi connectivity index (χ3n) is 5.89. The van der Waals surface area contributed by atoms with Gasteiger partial charge in [-0.3, -0.25) is 24.6 Å². The van der Waals surface area contributed by atoms with E-state index in [1.54, 1.807) is 24.3 Å². The Bertz CT molecular complexity index is 1570. The molecule has 1 aliphatic heterocycles. The van der Waals surface area contributed by atoms with Crippen molar-refractivity contribution in [1.29, 1.82) is 0 Å². The molecule has 2 amide bonds. The Morgan fingerprint density at radius 2 is 1.45 bits per heavy atom. The molecular weight excluding hydrogens is 587 g/mol. The molecule has 14 heteroatoms. The van der Waals surface area contributed by atoms with Crippen molar-refractivity contribution in [3.8, 4) is 11.5 Å². The number of hydrogen-bond donors (Lipinski definition) is 0. The number of carbonyl (C=O) groups is 3. The predicted octanol–water partition coefficient (Wildman–Crippen LogP) is 4.84. The number of fused-ring (bicyclic) bond motifs is 1. The topological polar surface area (TPSA) is 150 Å². The maximum absolute atomic E-state index is 13.1. The van der Waals surface area contributed by atoms with E-state index in [-0.39, 0.29) is 39.9 Å². The van der Waals surface area contributed by atoms with Gasteiger partial charge in [-0.2, -0.15) is 0 Å². The lowest BCUT2D eigenvalue weighted by Gasteiger charge is -2.24. The first kappa shape index (κ1) is 29.0. The Morgan fingerprint density at radius 3 is 1.93 bits per heavy atom. The number of esters is 1. The van der Waals surface area contributed by atoms with Crippen molar-refractivity contribution in [1.82, 2.24) is 4.90 Å². The summed E-state index contributed by atoms with van der Waals surface area (Å²) < 4.78 is 34.6. The van der Waals surface area contributed by atoms with Crippen molar-refractivity contribution < 1.29 is 37.2 Å². The van der Waals surface area contributed by atoms with Crippen LogP contribution in [0.3, 0.4) is 0 Å². The summed E-state index contributed by atoms with van der Waals surface area (Å²) in [4.78, 5) is 50.1. The number of rotatable bonds is 10. The van der Waals surface area contributed by atoms with Gasteiger partial charge in [-0.05, 0) is 48.4 Å². The molecule has 0 saturated heterocycles.